The average Bonchev–Trinajstić information content (AvgIpc) is 2.31. The number of nitrogens with zero attached hydrogens (tertiary/aromatic N) is 1. The van der Waals surface area contributed by atoms with Crippen LogP contribution < -0.4 is 4.74 Å². The van der Waals surface area contributed by atoms with Crippen molar-refractivity contribution in [2.45, 2.75) is 46.6 Å². The molecule has 1 heterocycles. The molecular formula is C10H18NO+. The van der Waals surface area contributed by atoms with Crippen molar-refractivity contribution in [2.24, 2.45) is 0 Å². The van der Waals surface area contributed by atoms with Gasteiger partial charge >= 0.3 is 0 Å². The number of aromatic nitrogens is 1. The minimum atomic E-state index is 1.00. The van der Waals surface area contributed by atoms with Crippen molar-refractivity contribution in [1.29, 1.82) is 0 Å². The Bertz CT molecular complexity index is 240. The lowest BCUT2D eigenvalue weighted by atomic mass is 10.2. The van der Waals surface area contributed by atoms with Gasteiger partial charge in [0.15, 0.2) is 12.3 Å². The zero-order valence-electron chi connectivity index (χ0n) is 8.26. The summed E-state index contributed by atoms with van der Waals surface area (Å²) in [6.45, 7) is 7.31. The maximum atomic E-state index is 5.48. The van der Waals surface area contributed by atoms with Crippen LogP contribution in [0.4, 0.5) is 0 Å². The Morgan fingerprint density at radius 1 is 1.33 bits per heavy atom. The smallest absolute Gasteiger partial charge is 0.228 e. The van der Waals surface area contributed by atoms with E-state index in [2.05, 4.69) is 19.9 Å². The molecule has 0 bridgehead atoms. The Hall–Kier alpha value is -0.790. The molecule has 0 atom stereocenters. The van der Waals surface area contributed by atoms with Crippen LogP contribution in [0.2, 0.25) is 0 Å². The molecule has 2 heteroatoms. The van der Waals surface area contributed by atoms with Crippen molar-refractivity contribution in [1.82, 2.24) is 0 Å². The maximum Gasteiger partial charge on any atom is 0.228 e. The number of aryl methyl sites for hydroxylation is 3. The van der Waals surface area contributed by atoms with Gasteiger partial charge in [-0.15, -0.1) is 0 Å². The summed E-state index contributed by atoms with van der Waals surface area (Å²) in [5.74, 6) is 1.00. The summed E-state index contributed by atoms with van der Waals surface area (Å²) < 4.78 is 7.45. The Morgan fingerprint density at radius 2 is 2.08 bits per heavy atom. The molecule has 0 aliphatic heterocycles. The van der Waals surface area contributed by atoms with Crippen molar-refractivity contribution in [3.63, 3.8) is 0 Å². The molecular weight excluding hydrogens is 150 g/mol. The fourth-order valence-electron chi connectivity index (χ4n) is 1.37. The molecule has 2 nitrogen and oxygen atoms in total. The number of rotatable bonds is 4. The lowest BCUT2D eigenvalue weighted by molar-refractivity contribution is -0.868. The van der Waals surface area contributed by atoms with Gasteiger partial charge in [0.2, 0.25) is 5.69 Å². The highest BCUT2D eigenvalue weighted by Gasteiger charge is 2.11. The van der Waals surface area contributed by atoms with Gasteiger partial charge in [-0.05, 0) is 11.2 Å². The van der Waals surface area contributed by atoms with Gasteiger partial charge in [-0.25, -0.2) is 4.52 Å². The van der Waals surface area contributed by atoms with E-state index in [1.807, 2.05) is 11.7 Å². The molecule has 0 unspecified atom stereocenters. The van der Waals surface area contributed by atoms with Gasteiger partial charge in [0.1, 0.15) is 0 Å². The van der Waals surface area contributed by atoms with Gasteiger partial charge in [0.05, 0.1) is 6.07 Å². The highest BCUT2D eigenvalue weighted by atomic mass is 16.5. The Kier molecular flexibility index (Phi) is 3.32. The summed E-state index contributed by atoms with van der Waals surface area (Å²) >= 11 is 0. The van der Waals surface area contributed by atoms with Crippen LogP contribution in [0.15, 0.2) is 10.6 Å². The molecule has 0 spiro atoms. The molecule has 0 amide bonds. The summed E-state index contributed by atoms with van der Waals surface area (Å²) in [6.07, 6.45) is 3.76. The molecule has 0 saturated carbocycles. The predicted octanol–water partition coefficient (Wildman–Crippen LogP) is 2.37. The minimum Gasteiger partial charge on any atom is -0.241 e. The van der Waals surface area contributed by atoms with E-state index in [9.17, 15) is 0 Å². The lowest BCUT2D eigenvalue weighted by Crippen LogP contribution is -2.33. The summed E-state index contributed by atoms with van der Waals surface area (Å²) in [6, 6.07) is 2.08. The van der Waals surface area contributed by atoms with Crippen molar-refractivity contribution in [2.75, 3.05) is 0 Å². The van der Waals surface area contributed by atoms with E-state index in [-0.39, 0.29) is 0 Å². The standard InChI is InChI=1S/C10H18NO/c1-4-5-6-7-11-9(2)8-10(3)12-11/h8H,4-7H2,1-3H3/q+1. The quantitative estimate of drug-likeness (QED) is 0.498. The van der Waals surface area contributed by atoms with Gasteiger partial charge in [-0.3, -0.25) is 0 Å². The van der Waals surface area contributed by atoms with Crippen LogP contribution in [0.25, 0.3) is 0 Å². The normalized spacial score (nSPS) is 10.6. The van der Waals surface area contributed by atoms with E-state index in [1.54, 1.807) is 0 Å². The Labute approximate surface area is 74.2 Å². The zero-order valence-corrected chi connectivity index (χ0v) is 8.26. The van der Waals surface area contributed by atoms with Crippen LogP contribution in [0.1, 0.15) is 37.6 Å². The second kappa shape index (κ2) is 4.29. The van der Waals surface area contributed by atoms with Crippen LogP contribution in [0, 0.1) is 13.8 Å². The number of hydrogen-bond donors (Lipinski definition) is 0. The molecule has 12 heavy (non-hydrogen) atoms. The third kappa shape index (κ3) is 2.36. The largest absolute Gasteiger partial charge is 0.241 e. The summed E-state index contributed by atoms with van der Waals surface area (Å²) in [4.78, 5) is 0. The van der Waals surface area contributed by atoms with Crippen molar-refractivity contribution >= 4 is 0 Å². The van der Waals surface area contributed by atoms with Crippen LogP contribution in [0.3, 0.4) is 0 Å². The first-order chi connectivity index (χ1) is 5.74. The summed E-state index contributed by atoms with van der Waals surface area (Å²) in [5.41, 5.74) is 1.23. The fraction of sp³-hybridized carbons (Fsp3) is 0.700. The monoisotopic (exact) mass is 168 g/mol. The molecule has 1 aromatic rings. The number of unbranched alkanes of at least 4 members (excludes halogenated alkanes) is 2. The minimum absolute atomic E-state index is 1.00. The SMILES string of the molecule is CCCCC[n+]1oc(C)cc1C. The zero-order chi connectivity index (χ0) is 8.97. The van der Waals surface area contributed by atoms with Crippen molar-refractivity contribution < 1.29 is 9.26 Å². The van der Waals surface area contributed by atoms with E-state index in [0.717, 1.165) is 12.3 Å². The fourth-order valence-corrected chi connectivity index (χ4v) is 1.37. The lowest BCUT2D eigenvalue weighted by Gasteiger charge is -1.90. The summed E-state index contributed by atoms with van der Waals surface area (Å²) in [7, 11) is 0. The molecule has 1 aromatic heterocycles. The molecule has 0 N–H and O–H groups in total. The third-order valence-corrected chi connectivity index (χ3v) is 2.02. The van der Waals surface area contributed by atoms with Crippen molar-refractivity contribution in [3.8, 4) is 0 Å². The van der Waals surface area contributed by atoms with Crippen LogP contribution in [-0.4, -0.2) is 0 Å². The third-order valence-electron chi connectivity index (χ3n) is 2.02. The van der Waals surface area contributed by atoms with Gasteiger partial charge in [0, 0.05) is 20.3 Å². The maximum absolute atomic E-state index is 5.48. The first kappa shape index (κ1) is 9.30. The molecule has 0 aliphatic rings. The van der Waals surface area contributed by atoms with Gasteiger partial charge in [0.25, 0.3) is 0 Å². The van der Waals surface area contributed by atoms with Gasteiger partial charge < -0.3 is 0 Å². The van der Waals surface area contributed by atoms with Crippen LogP contribution >= 0.6 is 0 Å². The second-order valence-electron chi connectivity index (χ2n) is 3.30. The average molecular weight is 168 g/mol. The van der Waals surface area contributed by atoms with E-state index < -0.39 is 0 Å². The van der Waals surface area contributed by atoms with Gasteiger partial charge in [-0.2, -0.15) is 0 Å². The topological polar surface area (TPSA) is 17.0 Å². The second-order valence-corrected chi connectivity index (χ2v) is 3.30. The first-order valence-corrected chi connectivity index (χ1v) is 4.71. The van der Waals surface area contributed by atoms with Crippen LogP contribution in [0.5, 0.6) is 0 Å². The van der Waals surface area contributed by atoms with E-state index >= 15 is 0 Å². The summed E-state index contributed by atoms with van der Waals surface area (Å²) in [5, 5.41) is 0. The molecule has 0 saturated heterocycles. The molecule has 1 rings (SSSR count). The molecule has 0 aromatic carbocycles. The first-order valence-electron chi connectivity index (χ1n) is 4.71. The number of hydrogen-bond acceptors (Lipinski definition) is 1. The predicted molar refractivity (Wildman–Crippen MR) is 47.9 cm³/mol. The Balaban J connectivity index is 2.45. The Morgan fingerprint density at radius 3 is 2.58 bits per heavy atom. The van der Waals surface area contributed by atoms with Gasteiger partial charge in [-0.1, -0.05) is 13.3 Å². The van der Waals surface area contributed by atoms with E-state index in [4.69, 9.17) is 4.52 Å². The van der Waals surface area contributed by atoms with E-state index in [0.29, 0.717) is 0 Å². The van der Waals surface area contributed by atoms with Crippen molar-refractivity contribution in [3.05, 3.63) is 17.5 Å². The molecule has 0 radical (unpaired) electrons. The molecule has 0 aliphatic carbocycles. The van der Waals surface area contributed by atoms with E-state index in [1.165, 1.54) is 25.0 Å². The highest BCUT2D eigenvalue weighted by molar-refractivity contribution is 4.95. The highest BCUT2D eigenvalue weighted by Crippen LogP contribution is 2.00. The molecule has 68 valence electrons. The van der Waals surface area contributed by atoms with Crippen LogP contribution in [-0.2, 0) is 6.54 Å². The molecule has 0 fully saturated rings.